The van der Waals surface area contributed by atoms with Gasteiger partial charge in [0.1, 0.15) is 5.82 Å². The fraction of sp³-hybridized carbons (Fsp3) is 0.353. The Labute approximate surface area is 139 Å². The molecule has 24 heavy (non-hydrogen) atoms. The number of aryl methyl sites for hydroxylation is 1. The predicted molar refractivity (Wildman–Crippen MR) is 85.5 cm³/mol. The molecule has 2 amide bonds. The molecule has 2 N–H and O–H groups in total. The second-order valence-corrected chi connectivity index (χ2v) is 6.10. The average molecular weight is 330 g/mol. The van der Waals surface area contributed by atoms with Gasteiger partial charge in [0.2, 0.25) is 11.8 Å². The summed E-state index contributed by atoms with van der Waals surface area (Å²) in [6.45, 7) is 1.86. The van der Waals surface area contributed by atoms with Gasteiger partial charge in [0.25, 0.3) is 0 Å². The quantitative estimate of drug-likeness (QED) is 0.891. The van der Waals surface area contributed by atoms with E-state index < -0.39 is 0 Å². The number of halogens is 1. The molecule has 0 bridgehead atoms. The molecule has 1 saturated heterocycles. The molecule has 1 aliphatic heterocycles. The van der Waals surface area contributed by atoms with E-state index >= 15 is 0 Å². The molecule has 6 nitrogen and oxygen atoms in total. The Kier molecular flexibility index (Phi) is 4.33. The number of nitrogens with one attached hydrogen (secondary N) is 2. The highest BCUT2D eigenvalue weighted by atomic mass is 19.1. The minimum Gasteiger partial charge on any atom is -0.350 e. The van der Waals surface area contributed by atoms with Gasteiger partial charge in [-0.3, -0.25) is 14.7 Å². The van der Waals surface area contributed by atoms with Crippen molar-refractivity contribution in [3.05, 3.63) is 53.1 Å². The van der Waals surface area contributed by atoms with E-state index in [1.165, 1.54) is 12.1 Å². The fourth-order valence-electron chi connectivity index (χ4n) is 3.10. The predicted octanol–water partition coefficient (Wildman–Crippen LogP) is 1.49. The number of carbonyl (C=O) groups is 2. The molecule has 2 atom stereocenters. The van der Waals surface area contributed by atoms with Crippen molar-refractivity contribution in [2.24, 2.45) is 0 Å². The Bertz CT molecular complexity index is 756. The summed E-state index contributed by atoms with van der Waals surface area (Å²) in [7, 11) is 1.69. The van der Waals surface area contributed by atoms with Crippen LogP contribution >= 0.6 is 0 Å². The number of carbonyl (C=O) groups excluding carboxylic acids is 2. The molecular weight excluding hydrogens is 311 g/mol. The first-order valence-corrected chi connectivity index (χ1v) is 7.75. The highest BCUT2D eigenvalue weighted by molar-refractivity contribution is 5.83. The van der Waals surface area contributed by atoms with Crippen LogP contribution in [0.15, 0.2) is 30.3 Å². The zero-order valence-electron chi connectivity index (χ0n) is 13.5. The highest BCUT2D eigenvalue weighted by Crippen LogP contribution is 2.32. The van der Waals surface area contributed by atoms with Crippen molar-refractivity contribution in [2.45, 2.75) is 31.8 Å². The van der Waals surface area contributed by atoms with Crippen molar-refractivity contribution in [2.75, 3.05) is 7.05 Å². The molecule has 1 aliphatic rings. The van der Waals surface area contributed by atoms with Crippen LogP contribution in [0.1, 0.15) is 29.4 Å². The van der Waals surface area contributed by atoms with E-state index in [-0.39, 0.29) is 42.6 Å². The Morgan fingerprint density at radius 1 is 1.42 bits per heavy atom. The molecule has 2 heterocycles. The van der Waals surface area contributed by atoms with Crippen LogP contribution in [0, 0.1) is 12.7 Å². The first-order valence-electron chi connectivity index (χ1n) is 7.75. The molecule has 0 spiro atoms. The number of aromatic nitrogens is 2. The van der Waals surface area contributed by atoms with Crippen molar-refractivity contribution in [1.29, 1.82) is 0 Å². The number of likely N-dealkylation sites (N-methyl/N-ethyl adjacent to an activating group) is 1. The molecule has 1 aromatic heterocycles. The molecule has 7 heteroatoms. The molecule has 0 radical (unpaired) electrons. The third kappa shape index (κ3) is 3.29. The van der Waals surface area contributed by atoms with Crippen LogP contribution in [0.25, 0.3) is 0 Å². The zero-order chi connectivity index (χ0) is 17.3. The van der Waals surface area contributed by atoms with Gasteiger partial charge >= 0.3 is 0 Å². The molecule has 0 unspecified atom stereocenters. The highest BCUT2D eigenvalue weighted by Gasteiger charge is 2.39. The first kappa shape index (κ1) is 16.2. The minimum absolute atomic E-state index is 0.0507. The van der Waals surface area contributed by atoms with Crippen LogP contribution < -0.4 is 5.32 Å². The minimum atomic E-state index is -0.347. The maximum absolute atomic E-state index is 13.1. The number of nitrogens with zero attached hydrogens (tertiary/aromatic N) is 2. The Morgan fingerprint density at radius 3 is 2.75 bits per heavy atom. The third-order valence-corrected chi connectivity index (χ3v) is 4.24. The van der Waals surface area contributed by atoms with E-state index in [2.05, 4.69) is 15.5 Å². The number of rotatable bonds is 4. The van der Waals surface area contributed by atoms with Gasteiger partial charge in [-0.25, -0.2) is 4.39 Å². The van der Waals surface area contributed by atoms with Crippen LogP contribution in [-0.2, 0) is 16.0 Å². The molecular formula is C17H19FN4O2. The van der Waals surface area contributed by atoms with Crippen molar-refractivity contribution >= 4 is 11.8 Å². The summed E-state index contributed by atoms with van der Waals surface area (Å²) in [5.74, 6) is -0.577. The Morgan fingerprint density at radius 2 is 2.12 bits per heavy atom. The SMILES string of the molecule is Cc1cc(CC(=O)N[C@H]2CC(=O)N(C)[C@@H]2c2ccc(F)cc2)n[nH]1. The summed E-state index contributed by atoms with van der Waals surface area (Å²) in [6.07, 6.45) is 0.374. The van der Waals surface area contributed by atoms with Crippen molar-refractivity contribution < 1.29 is 14.0 Å². The molecule has 0 aliphatic carbocycles. The number of H-pyrrole nitrogens is 1. The van der Waals surface area contributed by atoms with Gasteiger partial charge in [-0.1, -0.05) is 12.1 Å². The normalized spacial score (nSPS) is 20.5. The fourth-order valence-corrected chi connectivity index (χ4v) is 3.10. The molecule has 1 fully saturated rings. The molecule has 3 rings (SSSR count). The smallest absolute Gasteiger partial charge is 0.226 e. The van der Waals surface area contributed by atoms with Gasteiger partial charge in [0, 0.05) is 19.2 Å². The molecule has 2 aromatic rings. The lowest BCUT2D eigenvalue weighted by Crippen LogP contribution is -2.39. The lowest BCUT2D eigenvalue weighted by molar-refractivity contribution is -0.127. The lowest BCUT2D eigenvalue weighted by Gasteiger charge is -2.26. The van der Waals surface area contributed by atoms with Gasteiger partial charge in [-0.05, 0) is 30.7 Å². The first-order chi connectivity index (χ1) is 11.4. The van der Waals surface area contributed by atoms with E-state index in [1.807, 2.05) is 13.0 Å². The number of hydrogen-bond acceptors (Lipinski definition) is 3. The van der Waals surface area contributed by atoms with Gasteiger partial charge in [-0.15, -0.1) is 0 Å². The largest absolute Gasteiger partial charge is 0.350 e. The summed E-state index contributed by atoms with van der Waals surface area (Å²) in [5.41, 5.74) is 2.34. The molecule has 126 valence electrons. The maximum atomic E-state index is 13.1. The average Bonchev–Trinajstić information content (AvgIpc) is 3.04. The van der Waals surface area contributed by atoms with E-state index in [9.17, 15) is 14.0 Å². The summed E-state index contributed by atoms with van der Waals surface area (Å²) >= 11 is 0. The van der Waals surface area contributed by atoms with E-state index in [4.69, 9.17) is 0 Å². The van der Waals surface area contributed by atoms with Gasteiger partial charge in [0.05, 0.1) is 24.2 Å². The maximum Gasteiger partial charge on any atom is 0.226 e. The van der Waals surface area contributed by atoms with Crippen LogP contribution in [0.5, 0.6) is 0 Å². The summed E-state index contributed by atoms with van der Waals surface area (Å²) < 4.78 is 13.1. The number of hydrogen-bond donors (Lipinski definition) is 2. The van der Waals surface area contributed by atoms with Crippen molar-refractivity contribution in [3.63, 3.8) is 0 Å². The molecule has 0 saturated carbocycles. The Balaban J connectivity index is 1.73. The van der Waals surface area contributed by atoms with Crippen LogP contribution in [-0.4, -0.2) is 40.0 Å². The van der Waals surface area contributed by atoms with Crippen LogP contribution in [0.3, 0.4) is 0 Å². The summed E-state index contributed by atoms with van der Waals surface area (Å²) in [6, 6.07) is 7.16. The second-order valence-electron chi connectivity index (χ2n) is 6.10. The Hall–Kier alpha value is -2.70. The van der Waals surface area contributed by atoms with Gasteiger partial charge in [-0.2, -0.15) is 5.10 Å². The summed E-state index contributed by atoms with van der Waals surface area (Å²) in [5, 5.41) is 9.75. The van der Waals surface area contributed by atoms with Crippen molar-refractivity contribution in [1.82, 2.24) is 20.4 Å². The number of amides is 2. The van der Waals surface area contributed by atoms with Gasteiger partial charge < -0.3 is 10.2 Å². The monoisotopic (exact) mass is 330 g/mol. The van der Waals surface area contributed by atoms with Crippen molar-refractivity contribution in [3.8, 4) is 0 Å². The summed E-state index contributed by atoms with van der Waals surface area (Å²) in [4.78, 5) is 25.9. The number of benzene rings is 1. The van der Waals surface area contributed by atoms with Gasteiger partial charge in [0.15, 0.2) is 0 Å². The molecule has 1 aromatic carbocycles. The standard InChI is InChI=1S/C17H19FN4O2/c1-10-7-13(21-20-10)8-15(23)19-14-9-16(24)22(2)17(14)11-3-5-12(18)6-4-11/h3-7,14,17H,8-9H2,1-2H3,(H,19,23)(H,20,21)/t14-,17+/m0/s1. The third-order valence-electron chi connectivity index (χ3n) is 4.24. The van der Waals surface area contributed by atoms with Crippen LogP contribution in [0.2, 0.25) is 0 Å². The van der Waals surface area contributed by atoms with E-state index in [1.54, 1.807) is 24.1 Å². The number of likely N-dealkylation sites (tertiary alicyclic amines) is 1. The second kappa shape index (κ2) is 6.43. The lowest BCUT2D eigenvalue weighted by atomic mass is 10.00. The van der Waals surface area contributed by atoms with Crippen LogP contribution in [0.4, 0.5) is 4.39 Å². The number of aromatic amines is 1. The zero-order valence-corrected chi connectivity index (χ0v) is 13.5. The topological polar surface area (TPSA) is 78.1 Å². The van der Waals surface area contributed by atoms with E-state index in [0.29, 0.717) is 5.69 Å². The van der Waals surface area contributed by atoms with E-state index in [0.717, 1.165) is 11.3 Å².